The lowest BCUT2D eigenvalue weighted by molar-refractivity contribution is -0.148. The summed E-state index contributed by atoms with van der Waals surface area (Å²) in [5.41, 5.74) is -2.18. The third-order valence-electron chi connectivity index (χ3n) is 9.52. The van der Waals surface area contributed by atoms with Crippen LogP contribution in [0.25, 0.3) is 11.2 Å². The van der Waals surface area contributed by atoms with Gasteiger partial charge in [-0.05, 0) is 108 Å². The van der Waals surface area contributed by atoms with E-state index in [0.29, 0.717) is 63.9 Å². The number of aromatic amines is 1. The predicted molar refractivity (Wildman–Crippen MR) is 216 cm³/mol. The van der Waals surface area contributed by atoms with E-state index in [1.54, 1.807) is 81.6 Å². The average Bonchev–Trinajstić information content (AvgIpc) is 3.78. The number of carbonyl (C=O) groups is 5. The Morgan fingerprint density at radius 1 is 0.763 bits per heavy atom. The highest BCUT2D eigenvalue weighted by atomic mass is 16.6. The third kappa shape index (κ3) is 14.6. The number of amides is 3. The fourth-order valence-electron chi connectivity index (χ4n) is 6.71. The van der Waals surface area contributed by atoms with Crippen LogP contribution >= 0.6 is 0 Å². The molecule has 0 saturated carbocycles. The van der Waals surface area contributed by atoms with Crippen molar-refractivity contribution in [1.82, 2.24) is 39.1 Å². The number of nitrogens with zero attached hydrogens (tertiary/aromatic N) is 7. The minimum atomic E-state index is -1.67. The monoisotopic (exact) mass is 832 g/mol. The first-order valence-corrected chi connectivity index (χ1v) is 20.5. The molecule has 2 saturated heterocycles. The van der Waals surface area contributed by atoms with E-state index in [9.17, 15) is 33.9 Å². The molecule has 2 aromatic heterocycles. The van der Waals surface area contributed by atoms with Crippen molar-refractivity contribution in [2.24, 2.45) is 0 Å². The molecular weight excluding hydrogens is 768 g/mol. The molecule has 0 spiro atoms. The second kappa shape index (κ2) is 20.1. The number of rotatable bonds is 8. The van der Waals surface area contributed by atoms with Gasteiger partial charge in [0.1, 0.15) is 29.1 Å². The summed E-state index contributed by atoms with van der Waals surface area (Å²) in [5, 5.41) is 10.9. The summed E-state index contributed by atoms with van der Waals surface area (Å²) in [4.78, 5) is 95.9. The Kier molecular flexibility index (Phi) is 16.0. The molecule has 4 rings (SSSR count). The topological polar surface area (TPSA) is 219 Å². The maximum atomic E-state index is 13.4. The van der Waals surface area contributed by atoms with Gasteiger partial charge >= 0.3 is 18.3 Å². The summed E-state index contributed by atoms with van der Waals surface area (Å²) in [6, 6.07) is 0. The van der Waals surface area contributed by atoms with Crippen LogP contribution in [-0.4, -0.2) is 162 Å². The molecule has 19 nitrogen and oxygen atoms in total. The number of carbonyl (C=O) groups excluding carboxylic acids is 5. The molecular formula is C40H64N8O11. The highest BCUT2D eigenvalue weighted by Gasteiger charge is 2.38. The third-order valence-corrected chi connectivity index (χ3v) is 9.52. The van der Waals surface area contributed by atoms with E-state index >= 15 is 0 Å². The molecule has 2 aliphatic rings. The van der Waals surface area contributed by atoms with E-state index in [2.05, 4.69) is 19.9 Å². The van der Waals surface area contributed by atoms with Crippen LogP contribution in [0, 0.1) is 0 Å². The van der Waals surface area contributed by atoms with Crippen LogP contribution in [0.4, 0.5) is 14.4 Å². The van der Waals surface area contributed by atoms with Crippen LogP contribution in [0.3, 0.4) is 0 Å². The van der Waals surface area contributed by atoms with Crippen LogP contribution < -0.4 is 5.56 Å². The molecule has 59 heavy (non-hydrogen) atoms. The second-order valence-electron chi connectivity index (χ2n) is 18.0. The SMILES string of the molecule is CC(C)(C)OC(=O)N1CCCN(C(=O)OC(C)(C)C)CCN(C(=O)OC(C)(C)C)CCCN(CCCC(=O)C(=O)C(O)[C@@H]2CC[C@H](n3cnc4c(=O)[nH]cnc43)O2)CC1. The van der Waals surface area contributed by atoms with Gasteiger partial charge in [0.15, 0.2) is 11.2 Å². The molecule has 4 heterocycles. The molecule has 0 bridgehead atoms. The van der Waals surface area contributed by atoms with E-state index < -0.39 is 70.6 Å². The van der Waals surface area contributed by atoms with Crippen molar-refractivity contribution in [3.63, 3.8) is 0 Å². The molecule has 2 fully saturated rings. The van der Waals surface area contributed by atoms with Crippen molar-refractivity contribution >= 4 is 41.0 Å². The van der Waals surface area contributed by atoms with Crippen molar-refractivity contribution in [3.05, 3.63) is 23.0 Å². The zero-order valence-corrected chi connectivity index (χ0v) is 36.2. The first-order valence-electron chi connectivity index (χ1n) is 20.5. The first kappa shape index (κ1) is 47.1. The number of aliphatic hydroxyl groups is 1. The highest BCUT2D eigenvalue weighted by Crippen LogP contribution is 2.32. The summed E-state index contributed by atoms with van der Waals surface area (Å²) in [7, 11) is 0. The molecule has 330 valence electrons. The maximum Gasteiger partial charge on any atom is 0.410 e. The first-order chi connectivity index (χ1) is 27.5. The number of ketones is 2. The fourth-order valence-corrected chi connectivity index (χ4v) is 6.71. The number of imidazole rings is 1. The summed E-state index contributed by atoms with van der Waals surface area (Å²) in [6.45, 7) is 18.8. The van der Waals surface area contributed by atoms with Gasteiger partial charge in [0, 0.05) is 52.2 Å². The standard InChI is InChI=1S/C40H64N8O11/c1-38(2,3)57-35(53)45-19-12-20-47(37(55)59-40(7,8)9)24-23-46(36(54)58-39(4,5)6)18-11-17-44(21-22-45)16-10-13-27(49)31(50)32(51)28-14-15-29(56-28)48-26-43-30-33(48)41-25-42-34(30)52/h25-26,28-29,32,51H,10-24H2,1-9H3,(H,41,42,52)/t28-,29+,32?/m0/s1. The van der Waals surface area contributed by atoms with Crippen LogP contribution in [0.2, 0.25) is 0 Å². The molecule has 2 aliphatic heterocycles. The minimum Gasteiger partial charge on any atom is -0.444 e. The summed E-state index contributed by atoms with van der Waals surface area (Å²) in [6.07, 6.45) is -0.300. The van der Waals surface area contributed by atoms with Gasteiger partial charge in [-0.1, -0.05) is 0 Å². The number of hydrogen-bond acceptors (Lipinski definition) is 14. The largest absolute Gasteiger partial charge is 0.444 e. The lowest BCUT2D eigenvalue weighted by Crippen LogP contribution is -2.47. The maximum absolute atomic E-state index is 13.4. The number of Topliss-reactive ketones (excluding diaryl/α,β-unsaturated/α-hetero) is 2. The van der Waals surface area contributed by atoms with Gasteiger partial charge in [-0.2, -0.15) is 0 Å². The normalized spacial score (nSPS) is 20.2. The number of aliphatic hydroxyl groups excluding tert-OH is 1. The molecule has 3 amide bonds. The molecule has 2 N–H and O–H groups in total. The van der Waals surface area contributed by atoms with E-state index in [0.717, 1.165) is 0 Å². The van der Waals surface area contributed by atoms with Crippen LogP contribution in [0.5, 0.6) is 0 Å². The number of aromatic nitrogens is 4. The Morgan fingerprint density at radius 3 is 1.80 bits per heavy atom. The molecule has 0 radical (unpaired) electrons. The summed E-state index contributed by atoms with van der Waals surface area (Å²) in [5.74, 6) is -1.67. The molecule has 0 aromatic carbocycles. The van der Waals surface area contributed by atoms with Gasteiger partial charge in [0.2, 0.25) is 11.6 Å². The summed E-state index contributed by atoms with van der Waals surface area (Å²) < 4.78 is 24.6. The van der Waals surface area contributed by atoms with Crippen LogP contribution in [-0.2, 0) is 28.5 Å². The Balaban J connectivity index is 1.42. The van der Waals surface area contributed by atoms with Crippen molar-refractivity contribution in [2.45, 2.75) is 136 Å². The quantitative estimate of drug-likeness (QED) is 0.285. The Bertz CT molecular complexity index is 1830. The number of fused-ring (bicyclic) bond motifs is 1. The van der Waals surface area contributed by atoms with Gasteiger partial charge in [-0.3, -0.25) is 19.0 Å². The van der Waals surface area contributed by atoms with E-state index in [-0.39, 0.29) is 44.7 Å². The minimum absolute atomic E-state index is 0.123. The zero-order chi connectivity index (χ0) is 43.7. The van der Waals surface area contributed by atoms with Gasteiger partial charge < -0.3 is 48.6 Å². The highest BCUT2D eigenvalue weighted by molar-refractivity contribution is 6.38. The van der Waals surface area contributed by atoms with E-state index in [1.807, 2.05) is 0 Å². The molecule has 1 unspecified atom stereocenters. The Hall–Kier alpha value is -4.62. The lowest BCUT2D eigenvalue weighted by Gasteiger charge is -2.34. The number of H-pyrrole nitrogens is 1. The van der Waals surface area contributed by atoms with Crippen LogP contribution in [0.1, 0.15) is 107 Å². The zero-order valence-electron chi connectivity index (χ0n) is 36.2. The van der Waals surface area contributed by atoms with Crippen molar-refractivity contribution < 1.29 is 48.0 Å². The Labute approximate surface area is 345 Å². The van der Waals surface area contributed by atoms with E-state index in [1.165, 1.54) is 12.7 Å². The van der Waals surface area contributed by atoms with Gasteiger partial charge in [0.25, 0.3) is 5.56 Å². The van der Waals surface area contributed by atoms with Crippen molar-refractivity contribution in [2.75, 3.05) is 58.9 Å². The fraction of sp³-hybridized carbons (Fsp3) is 0.750. The van der Waals surface area contributed by atoms with Gasteiger partial charge in [-0.25, -0.2) is 24.4 Å². The van der Waals surface area contributed by atoms with Gasteiger partial charge in [-0.15, -0.1) is 0 Å². The molecule has 3 atom stereocenters. The van der Waals surface area contributed by atoms with E-state index in [4.69, 9.17) is 18.9 Å². The lowest BCUT2D eigenvalue weighted by atomic mass is 10.0. The van der Waals surface area contributed by atoms with Crippen molar-refractivity contribution in [1.29, 1.82) is 0 Å². The smallest absolute Gasteiger partial charge is 0.410 e. The second-order valence-corrected chi connectivity index (χ2v) is 18.0. The van der Waals surface area contributed by atoms with Crippen molar-refractivity contribution in [3.8, 4) is 0 Å². The van der Waals surface area contributed by atoms with Gasteiger partial charge in [0.05, 0.1) is 18.8 Å². The van der Waals surface area contributed by atoms with Crippen LogP contribution in [0.15, 0.2) is 17.4 Å². The predicted octanol–water partition coefficient (Wildman–Crippen LogP) is 3.88. The average molecular weight is 833 g/mol. The Morgan fingerprint density at radius 2 is 1.27 bits per heavy atom. The molecule has 19 heteroatoms. The number of hydrogen-bond donors (Lipinski definition) is 2. The number of nitrogens with one attached hydrogen (secondary N) is 1. The number of ether oxygens (including phenoxy) is 4. The molecule has 0 aliphatic carbocycles. The molecule has 2 aromatic rings. The summed E-state index contributed by atoms with van der Waals surface area (Å²) >= 11 is 0.